The molecule has 29 heavy (non-hydrogen) atoms. The second kappa shape index (κ2) is 8.78. The van der Waals surface area contributed by atoms with Crippen LogP contribution < -0.4 is 19.5 Å². The topological polar surface area (TPSA) is 95.5 Å². The molecule has 152 valence electrons. The van der Waals surface area contributed by atoms with Crippen LogP contribution in [0.4, 0.5) is 19.9 Å². The average Bonchev–Trinajstić information content (AvgIpc) is 3.08. The zero-order valence-electron chi connectivity index (χ0n) is 15.7. The molecule has 0 bridgehead atoms. The van der Waals surface area contributed by atoms with Crippen LogP contribution in [-0.2, 0) is 6.61 Å². The minimum absolute atomic E-state index is 0.161. The van der Waals surface area contributed by atoms with Crippen molar-refractivity contribution in [2.24, 2.45) is 0 Å². The zero-order valence-corrected chi connectivity index (χ0v) is 16.5. The zero-order chi connectivity index (χ0) is 21.0. The molecule has 0 spiro atoms. The third-order valence-electron chi connectivity index (χ3n) is 3.83. The number of aldehydes is 1. The van der Waals surface area contributed by atoms with Gasteiger partial charge >= 0.3 is 0 Å². The number of benzene rings is 1. The first-order chi connectivity index (χ1) is 14.0. The summed E-state index contributed by atoms with van der Waals surface area (Å²) in [7, 11) is 2.53. The molecule has 0 unspecified atom stereocenters. The summed E-state index contributed by atoms with van der Waals surface area (Å²) in [6.07, 6.45) is 3.40. The van der Waals surface area contributed by atoms with E-state index >= 15 is 0 Å². The standard InChI is InChI=1S/C18H16F2N4O4S/c1-9-14(7-25)29-18(23-9)24-17-21-5-10(6-22-17)28-8-11-15(19)12(26-2)4-13(27-3)16(11)20/h4-7H,8H2,1-3H3,(H,21,22,23,24). The number of halogens is 2. The SMILES string of the molecule is COc1cc(OC)c(F)c(COc2cnc(Nc3nc(C)c(C=O)s3)nc2)c1F. The number of anilines is 2. The molecule has 0 aliphatic carbocycles. The Bertz CT molecular complexity index is 999. The van der Waals surface area contributed by atoms with E-state index in [1.54, 1.807) is 6.92 Å². The van der Waals surface area contributed by atoms with Gasteiger partial charge in [-0.15, -0.1) is 0 Å². The van der Waals surface area contributed by atoms with Crippen LogP contribution in [0.3, 0.4) is 0 Å². The molecule has 2 aromatic heterocycles. The number of methoxy groups -OCH3 is 2. The van der Waals surface area contributed by atoms with E-state index < -0.39 is 18.2 Å². The highest BCUT2D eigenvalue weighted by atomic mass is 32.1. The van der Waals surface area contributed by atoms with Gasteiger partial charge in [0.05, 0.1) is 42.7 Å². The minimum Gasteiger partial charge on any atom is -0.494 e. The van der Waals surface area contributed by atoms with Crippen LogP contribution in [-0.4, -0.2) is 35.5 Å². The predicted octanol–water partition coefficient (Wildman–Crippen LogP) is 3.67. The molecule has 0 aliphatic heterocycles. The number of carbonyl (C=O) groups is 1. The van der Waals surface area contributed by atoms with E-state index in [9.17, 15) is 13.6 Å². The lowest BCUT2D eigenvalue weighted by atomic mass is 10.1. The fourth-order valence-electron chi connectivity index (χ4n) is 2.34. The van der Waals surface area contributed by atoms with Crippen LogP contribution in [0, 0.1) is 18.6 Å². The van der Waals surface area contributed by atoms with Gasteiger partial charge in [-0.1, -0.05) is 11.3 Å². The van der Waals surface area contributed by atoms with Crippen LogP contribution in [0.2, 0.25) is 0 Å². The van der Waals surface area contributed by atoms with Crippen molar-refractivity contribution >= 4 is 28.7 Å². The average molecular weight is 422 g/mol. The fraction of sp³-hybridized carbons (Fsp3) is 0.222. The minimum atomic E-state index is -0.880. The number of hydrogen-bond acceptors (Lipinski definition) is 9. The molecule has 1 aromatic carbocycles. The smallest absolute Gasteiger partial charge is 0.229 e. The Labute approximate surface area is 168 Å². The number of hydrogen-bond donors (Lipinski definition) is 1. The van der Waals surface area contributed by atoms with Crippen molar-refractivity contribution in [1.29, 1.82) is 0 Å². The number of nitrogens with one attached hydrogen (secondary N) is 1. The van der Waals surface area contributed by atoms with Crippen molar-refractivity contribution in [3.63, 3.8) is 0 Å². The summed E-state index contributed by atoms with van der Waals surface area (Å²) in [6.45, 7) is 1.30. The largest absolute Gasteiger partial charge is 0.494 e. The molecule has 0 atom stereocenters. The van der Waals surface area contributed by atoms with Crippen molar-refractivity contribution in [3.8, 4) is 17.2 Å². The van der Waals surface area contributed by atoms with Gasteiger partial charge in [-0.25, -0.2) is 23.7 Å². The van der Waals surface area contributed by atoms with Crippen LogP contribution >= 0.6 is 11.3 Å². The van der Waals surface area contributed by atoms with Gasteiger partial charge in [-0.2, -0.15) is 0 Å². The van der Waals surface area contributed by atoms with E-state index in [2.05, 4.69) is 20.3 Å². The third kappa shape index (κ3) is 4.40. The molecule has 0 aliphatic rings. The molecular weight excluding hydrogens is 406 g/mol. The van der Waals surface area contributed by atoms with Crippen molar-refractivity contribution in [2.75, 3.05) is 19.5 Å². The Morgan fingerprint density at radius 3 is 2.28 bits per heavy atom. The molecular formula is C18H16F2N4O4S. The van der Waals surface area contributed by atoms with Gasteiger partial charge < -0.3 is 19.5 Å². The van der Waals surface area contributed by atoms with E-state index in [0.29, 0.717) is 15.7 Å². The molecule has 3 rings (SSSR count). The van der Waals surface area contributed by atoms with Crippen LogP contribution in [0.5, 0.6) is 17.2 Å². The Morgan fingerprint density at radius 2 is 1.76 bits per heavy atom. The van der Waals surface area contributed by atoms with Gasteiger partial charge in [0.15, 0.2) is 40.3 Å². The van der Waals surface area contributed by atoms with Gasteiger partial charge in [-0.3, -0.25) is 4.79 Å². The number of rotatable bonds is 8. The number of thiazole rings is 1. The van der Waals surface area contributed by atoms with Crippen molar-refractivity contribution in [1.82, 2.24) is 15.0 Å². The van der Waals surface area contributed by atoms with Gasteiger partial charge in [0, 0.05) is 6.07 Å². The first-order valence-electron chi connectivity index (χ1n) is 8.20. The molecule has 2 heterocycles. The maximum absolute atomic E-state index is 14.4. The van der Waals surface area contributed by atoms with Crippen molar-refractivity contribution in [2.45, 2.75) is 13.5 Å². The highest BCUT2D eigenvalue weighted by molar-refractivity contribution is 7.17. The van der Waals surface area contributed by atoms with Crippen LogP contribution in [0.25, 0.3) is 0 Å². The summed E-state index contributed by atoms with van der Waals surface area (Å²) < 4.78 is 43.9. The first kappa shape index (κ1) is 20.4. The number of aromatic nitrogens is 3. The Morgan fingerprint density at radius 1 is 1.14 bits per heavy atom. The monoisotopic (exact) mass is 422 g/mol. The molecule has 0 saturated carbocycles. The lowest BCUT2D eigenvalue weighted by Crippen LogP contribution is -2.06. The quantitative estimate of drug-likeness (QED) is 0.550. The summed E-state index contributed by atoms with van der Waals surface area (Å²) >= 11 is 1.17. The Hall–Kier alpha value is -3.34. The van der Waals surface area contributed by atoms with E-state index in [1.165, 1.54) is 38.0 Å². The number of carbonyl (C=O) groups excluding carboxylic acids is 1. The van der Waals surface area contributed by atoms with Gasteiger partial charge in [0.2, 0.25) is 5.95 Å². The summed E-state index contributed by atoms with van der Waals surface area (Å²) in [5, 5.41) is 3.33. The molecule has 0 amide bonds. The van der Waals surface area contributed by atoms with Gasteiger partial charge in [0.25, 0.3) is 0 Å². The van der Waals surface area contributed by atoms with Gasteiger partial charge in [-0.05, 0) is 6.92 Å². The summed E-state index contributed by atoms with van der Waals surface area (Å²) in [6, 6.07) is 1.12. The highest BCUT2D eigenvalue weighted by Crippen LogP contribution is 2.32. The maximum Gasteiger partial charge on any atom is 0.229 e. The Kier molecular flexibility index (Phi) is 6.17. The molecule has 1 N–H and O–H groups in total. The second-order valence-electron chi connectivity index (χ2n) is 5.63. The normalized spacial score (nSPS) is 10.5. The summed E-state index contributed by atoms with van der Waals surface area (Å²) in [5.41, 5.74) is 0.258. The summed E-state index contributed by atoms with van der Waals surface area (Å²) in [4.78, 5) is 23.7. The van der Waals surface area contributed by atoms with Gasteiger partial charge in [0.1, 0.15) is 6.61 Å². The third-order valence-corrected chi connectivity index (χ3v) is 4.83. The van der Waals surface area contributed by atoms with E-state index in [1.807, 2.05) is 0 Å². The lowest BCUT2D eigenvalue weighted by Gasteiger charge is -2.13. The molecule has 0 fully saturated rings. The lowest BCUT2D eigenvalue weighted by molar-refractivity contribution is 0.112. The first-order valence-corrected chi connectivity index (χ1v) is 9.01. The molecule has 11 heteroatoms. The summed E-state index contributed by atoms with van der Waals surface area (Å²) in [5.74, 6) is -1.66. The maximum atomic E-state index is 14.4. The van der Waals surface area contributed by atoms with Crippen LogP contribution in [0.1, 0.15) is 20.9 Å². The second-order valence-corrected chi connectivity index (χ2v) is 6.66. The van der Waals surface area contributed by atoms with Crippen molar-refractivity contribution < 1.29 is 27.8 Å². The highest BCUT2D eigenvalue weighted by Gasteiger charge is 2.20. The predicted molar refractivity (Wildman–Crippen MR) is 101 cm³/mol. The number of nitrogens with zero attached hydrogens (tertiary/aromatic N) is 3. The Balaban J connectivity index is 1.71. The van der Waals surface area contributed by atoms with Crippen LogP contribution in [0.15, 0.2) is 18.5 Å². The molecule has 8 nitrogen and oxygen atoms in total. The molecule has 0 saturated heterocycles. The van der Waals surface area contributed by atoms with E-state index in [-0.39, 0.29) is 28.8 Å². The fourth-order valence-corrected chi connectivity index (χ4v) is 3.12. The number of ether oxygens (including phenoxy) is 3. The number of aryl methyl sites for hydroxylation is 1. The van der Waals surface area contributed by atoms with E-state index in [0.717, 1.165) is 12.4 Å². The van der Waals surface area contributed by atoms with E-state index in [4.69, 9.17) is 14.2 Å². The molecule has 3 aromatic rings. The molecule has 0 radical (unpaired) electrons. The van der Waals surface area contributed by atoms with Crippen molar-refractivity contribution in [3.05, 3.63) is 46.2 Å².